The quantitative estimate of drug-likeness (QED) is 0.146. The molecular weight excluding hydrogens is 630 g/mol. The maximum absolute atomic E-state index is 12.8. The predicted molar refractivity (Wildman–Crippen MR) is 191 cm³/mol. The molecule has 4 aromatic carbocycles. The molecule has 0 saturated carbocycles. The number of carbonyl (C=O) groups is 2. The highest BCUT2D eigenvalue weighted by atomic mass is 16.7. The molecule has 4 N–H and O–H groups in total. The Bertz CT molecular complexity index is 1670. The van der Waals surface area contributed by atoms with Crippen LogP contribution in [0.4, 0.5) is 4.79 Å². The third-order valence-corrected chi connectivity index (χ3v) is 9.88. The van der Waals surface area contributed by atoms with Crippen LogP contribution in [0.3, 0.4) is 0 Å². The van der Waals surface area contributed by atoms with Crippen LogP contribution in [0, 0.1) is 0 Å². The second-order valence-corrected chi connectivity index (χ2v) is 13.3. The van der Waals surface area contributed by atoms with E-state index < -0.39 is 18.4 Å². The first kappa shape index (κ1) is 35.4. The minimum Gasteiger partial charge on any atom is -0.395 e. The number of ether oxygens (including phenoxy) is 2. The second kappa shape index (κ2) is 17.0. The molecule has 6 atom stereocenters. The van der Waals surface area contributed by atoms with Gasteiger partial charge in [0.15, 0.2) is 12.1 Å². The third kappa shape index (κ3) is 8.85. The largest absolute Gasteiger partial charge is 0.395 e. The molecule has 0 radical (unpaired) electrons. The van der Waals surface area contributed by atoms with Gasteiger partial charge in [-0.3, -0.25) is 9.69 Å². The zero-order chi connectivity index (χ0) is 34.9. The lowest BCUT2D eigenvalue weighted by Crippen LogP contribution is -2.46. The molecular formula is C41H47N3O6. The van der Waals surface area contributed by atoms with Crippen LogP contribution in [0.1, 0.15) is 71.5 Å². The number of hydrogen-bond donors (Lipinski definition) is 4. The van der Waals surface area contributed by atoms with E-state index in [2.05, 4.69) is 27.7 Å². The number of carbonyl (C=O) groups excluding carboxylic acids is 2. The number of rotatable bonds is 13. The zero-order valence-electron chi connectivity index (χ0n) is 28.5. The van der Waals surface area contributed by atoms with Gasteiger partial charge in [0.25, 0.3) is 0 Å². The summed E-state index contributed by atoms with van der Waals surface area (Å²) in [6.45, 7) is 3.41. The summed E-state index contributed by atoms with van der Waals surface area (Å²) in [4.78, 5) is 27.4. The highest BCUT2D eigenvalue weighted by molar-refractivity contribution is 5.87. The van der Waals surface area contributed by atoms with Gasteiger partial charge in [-0.1, -0.05) is 109 Å². The van der Waals surface area contributed by atoms with Crippen molar-refractivity contribution in [2.24, 2.45) is 0 Å². The van der Waals surface area contributed by atoms with Gasteiger partial charge in [-0.15, -0.1) is 0 Å². The minimum atomic E-state index is -0.655. The number of amides is 2. The number of nitrogens with zero attached hydrogens (tertiary/aromatic N) is 1. The van der Waals surface area contributed by atoms with Crippen LogP contribution in [0.15, 0.2) is 109 Å². The van der Waals surface area contributed by atoms with Gasteiger partial charge in [-0.05, 0) is 60.5 Å². The highest BCUT2D eigenvalue weighted by Crippen LogP contribution is 2.47. The fourth-order valence-corrected chi connectivity index (χ4v) is 7.07. The fourth-order valence-electron chi connectivity index (χ4n) is 7.07. The van der Waals surface area contributed by atoms with Gasteiger partial charge in [0.05, 0.1) is 31.5 Å². The van der Waals surface area contributed by atoms with Crippen molar-refractivity contribution in [3.8, 4) is 0 Å². The maximum Gasteiger partial charge on any atom is 0.315 e. The highest BCUT2D eigenvalue weighted by Gasteiger charge is 2.43. The molecule has 2 saturated heterocycles. The lowest BCUT2D eigenvalue weighted by molar-refractivity contribution is -0.264. The monoisotopic (exact) mass is 677 g/mol. The third-order valence-electron chi connectivity index (χ3n) is 9.88. The molecule has 50 heavy (non-hydrogen) atoms. The van der Waals surface area contributed by atoms with Crippen molar-refractivity contribution in [1.29, 1.82) is 0 Å². The van der Waals surface area contributed by atoms with Crippen molar-refractivity contribution >= 4 is 11.8 Å². The van der Waals surface area contributed by atoms with Crippen molar-refractivity contribution in [2.75, 3.05) is 19.7 Å². The molecule has 9 nitrogen and oxygen atoms in total. The van der Waals surface area contributed by atoms with Gasteiger partial charge in [-0.2, -0.15) is 0 Å². The van der Waals surface area contributed by atoms with Crippen LogP contribution in [0.25, 0.3) is 0 Å². The Morgan fingerprint density at radius 3 is 2.12 bits per heavy atom. The molecule has 262 valence electrons. The van der Waals surface area contributed by atoms with Gasteiger partial charge in [0, 0.05) is 30.6 Å². The summed E-state index contributed by atoms with van der Waals surface area (Å²) in [5.41, 5.74) is 5.66. The number of aliphatic hydroxyl groups excluding tert-OH is 2. The summed E-state index contributed by atoms with van der Waals surface area (Å²) in [5.74, 6) is -0.219. The Hall–Kier alpha value is -4.38. The average Bonchev–Trinajstić information content (AvgIpc) is 3.61. The van der Waals surface area contributed by atoms with E-state index in [0.29, 0.717) is 13.0 Å². The SMILES string of the molecule is CC(=O)C(Cc1ccccc1)NC(=O)NCc1ccc(C2OC(CN3CCCC3CO)C(c3ccccc3)C(c3ccc(CO)cc3)O2)cc1. The van der Waals surface area contributed by atoms with Crippen LogP contribution in [-0.2, 0) is 33.8 Å². The Morgan fingerprint density at radius 1 is 0.800 bits per heavy atom. The molecule has 4 aromatic rings. The summed E-state index contributed by atoms with van der Waals surface area (Å²) >= 11 is 0. The summed E-state index contributed by atoms with van der Waals surface area (Å²) in [7, 11) is 0. The Labute approximate surface area is 294 Å². The van der Waals surface area contributed by atoms with Crippen LogP contribution in [-0.4, -0.2) is 64.8 Å². The zero-order valence-corrected chi connectivity index (χ0v) is 28.5. The van der Waals surface area contributed by atoms with E-state index in [9.17, 15) is 19.8 Å². The number of nitrogens with one attached hydrogen (secondary N) is 2. The molecule has 2 heterocycles. The number of benzene rings is 4. The van der Waals surface area contributed by atoms with Crippen LogP contribution in [0.5, 0.6) is 0 Å². The van der Waals surface area contributed by atoms with Gasteiger partial charge in [0.2, 0.25) is 0 Å². The molecule has 0 aliphatic carbocycles. The Kier molecular flexibility index (Phi) is 12.1. The first-order valence-electron chi connectivity index (χ1n) is 17.5. The fraction of sp³-hybridized carbons (Fsp3) is 0.366. The van der Waals surface area contributed by atoms with E-state index >= 15 is 0 Å². The lowest BCUT2D eigenvalue weighted by atomic mass is 9.83. The number of urea groups is 1. The van der Waals surface area contributed by atoms with Gasteiger partial charge >= 0.3 is 6.03 Å². The minimum absolute atomic E-state index is 0.0341. The first-order valence-corrected chi connectivity index (χ1v) is 17.5. The molecule has 2 fully saturated rings. The van der Waals surface area contributed by atoms with E-state index in [1.165, 1.54) is 6.92 Å². The van der Waals surface area contributed by atoms with Gasteiger partial charge in [0.1, 0.15) is 0 Å². The van der Waals surface area contributed by atoms with Crippen molar-refractivity contribution in [3.05, 3.63) is 143 Å². The van der Waals surface area contributed by atoms with Crippen molar-refractivity contribution in [2.45, 2.75) is 75.8 Å². The van der Waals surface area contributed by atoms with Gasteiger partial charge < -0.3 is 30.3 Å². The van der Waals surface area contributed by atoms with Crippen LogP contribution in [0.2, 0.25) is 0 Å². The molecule has 6 unspecified atom stereocenters. The number of aliphatic hydroxyl groups is 2. The van der Waals surface area contributed by atoms with E-state index in [0.717, 1.165) is 52.8 Å². The summed E-state index contributed by atoms with van der Waals surface area (Å²) in [6, 6.07) is 34.7. The Balaban J connectivity index is 1.19. The van der Waals surface area contributed by atoms with Gasteiger partial charge in [-0.25, -0.2) is 4.79 Å². The molecule has 6 rings (SSSR count). The predicted octanol–water partition coefficient (Wildman–Crippen LogP) is 5.57. The Morgan fingerprint density at radius 2 is 1.46 bits per heavy atom. The van der Waals surface area contributed by atoms with Crippen molar-refractivity contribution in [1.82, 2.24) is 15.5 Å². The topological polar surface area (TPSA) is 120 Å². The molecule has 0 spiro atoms. The molecule has 2 aliphatic rings. The van der Waals surface area contributed by atoms with E-state index in [-0.39, 0.29) is 49.7 Å². The number of ketones is 1. The lowest BCUT2D eigenvalue weighted by Gasteiger charge is -2.44. The second-order valence-electron chi connectivity index (χ2n) is 13.3. The van der Waals surface area contributed by atoms with E-state index in [1.807, 2.05) is 97.1 Å². The molecule has 2 aliphatic heterocycles. The standard InChI is InChI=1S/C41H47N3O6/c1-28(47)36(23-29-9-4-2-5-10-29)43-41(48)42-24-30-14-20-34(21-15-30)40-49-37(25-44-22-8-13-35(44)27-46)38(32-11-6-3-7-12-32)39(50-40)33-18-16-31(26-45)17-19-33/h2-7,9-12,14-21,35-40,45-46H,8,13,22-27H2,1H3,(H2,42,43,48). The van der Waals surface area contributed by atoms with E-state index in [1.54, 1.807) is 0 Å². The first-order chi connectivity index (χ1) is 24.4. The maximum atomic E-state index is 12.8. The van der Waals surface area contributed by atoms with Crippen LogP contribution < -0.4 is 10.6 Å². The number of likely N-dealkylation sites (tertiary alicyclic amines) is 1. The summed E-state index contributed by atoms with van der Waals surface area (Å²) < 4.78 is 13.7. The number of hydrogen-bond acceptors (Lipinski definition) is 7. The van der Waals surface area contributed by atoms with Crippen LogP contribution >= 0.6 is 0 Å². The summed E-state index contributed by atoms with van der Waals surface area (Å²) in [6.07, 6.45) is 1.20. The average molecular weight is 678 g/mol. The van der Waals surface area contributed by atoms with Crippen molar-refractivity contribution in [3.63, 3.8) is 0 Å². The number of Topliss-reactive ketones (excluding diaryl/α,β-unsaturated/α-hetero) is 1. The smallest absolute Gasteiger partial charge is 0.315 e. The molecule has 9 heteroatoms. The molecule has 2 amide bonds. The van der Waals surface area contributed by atoms with Crippen molar-refractivity contribution < 1.29 is 29.3 Å². The molecule has 0 bridgehead atoms. The summed E-state index contributed by atoms with van der Waals surface area (Å²) in [5, 5.41) is 25.5. The van der Waals surface area contributed by atoms with E-state index in [4.69, 9.17) is 9.47 Å². The molecule has 0 aromatic heterocycles. The normalized spacial score (nSPS) is 22.9.